The maximum atomic E-state index is 12.7. The van der Waals surface area contributed by atoms with E-state index in [4.69, 9.17) is 4.74 Å². The molecular weight excluding hydrogens is 395 g/mol. The summed E-state index contributed by atoms with van der Waals surface area (Å²) in [6.07, 6.45) is -0.435. The topological polar surface area (TPSA) is 56.1 Å². The highest BCUT2D eigenvalue weighted by atomic mass is 19.4. The molecule has 0 saturated carbocycles. The van der Waals surface area contributed by atoms with Crippen LogP contribution in [0.5, 0.6) is 5.75 Å². The number of nitrogens with zero attached hydrogens (tertiary/aromatic N) is 2. The lowest BCUT2D eigenvalue weighted by Crippen LogP contribution is -2.34. The zero-order valence-corrected chi connectivity index (χ0v) is 16.8. The molecule has 0 bridgehead atoms. The fourth-order valence-electron chi connectivity index (χ4n) is 3.13. The van der Waals surface area contributed by atoms with E-state index in [1.165, 1.54) is 19.2 Å². The highest BCUT2D eigenvalue weighted by Gasteiger charge is 2.30. The highest BCUT2D eigenvalue weighted by Crippen LogP contribution is 2.29. The molecule has 1 amide bonds. The number of imidazole rings is 1. The van der Waals surface area contributed by atoms with E-state index in [1.54, 1.807) is 31.5 Å². The summed E-state index contributed by atoms with van der Waals surface area (Å²) in [7, 11) is 1.53. The van der Waals surface area contributed by atoms with Gasteiger partial charge in [-0.3, -0.25) is 4.79 Å². The van der Waals surface area contributed by atoms with Gasteiger partial charge in [-0.2, -0.15) is 13.2 Å². The Balaban J connectivity index is 1.68. The van der Waals surface area contributed by atoms with Gasteiger partial charge in [0, 0.05) is 17.8 Å². The largest absolute Gasteiger partial charge is 0.495 e. The Labute approximate surface area is 172 Å². The van der Waals surface area contributed by atoms with Gasteiger partial charge in [-0.15, -0.1) is 0 Å². The molecule has 30 heavy (non-hydrogen) atoms. The second kappa shape index (κ2) is 8.61. The van der Waals surface area contributed by atoms with Gasteiger partial charge in [-0.1, -0.05) is 12.1 Å². The Morgan fingerprint density at radius 1 is 1.20 bits per heavy atom. The first-order chi connectivity index (χ1) is 14.2. The van der Waals surface area contributed by atoms with Crippen LogP contribution in [0.15, 0.2) is 55.0 Å². The summed E-state index contributed by atoms with van der Waals surface area (Å²) in [4.78, 5) is 16.8. The average molecular weight is 417 g/mol. The minimum absolute atomic E-state index is 0.267. The first-order valence-corrected chi connectivity index (χ1v) is 9.33. The summed E-state index contributed by atoms with van der Waals surface area (Å²) in [6.45, 7) is 3.68. The van der Waals surface area contributed by atoms with Gasteiger partial charge in [0.1, 0.15) is 5.75 Å². The Morgan fingerprint density at radius 3 is 2.47 bits per heavy atom. The number of amides is 1. The normalized spacial score (nSPS) is 12.5. The molecule has 1 unspecified atom stereocenters. The first kappa shape index (κ1) is 21.4. The number of nitrogens with one attached hydrogen (secondary N) is 1. The van der Waals surface area contributed by atoms with E-state index in [-0.39, 0.29) is 11.9 Å². The number of aromatic nitrogens is 2. The summed E-state index contributed by atoms with van der Waals surface area (Å²) < 4.78 is 45.2. The molecule has 0 radical (unpaired) electrons. The van der Waals surface area contributed by atoms with E-state index >= 15 is 0 Å². The van der Waals surface area contributed by atoms with E-state index < -0.39 is 11.7 Å². The van der Waals surface area contributed by atoms with Gasteiger partial charge in [-0.05, 0) is 56.2 Å². The molecule has 0 spiro atoms. The fourth-order valence-corrected chi connectivity index (χ4v) is 3.13. The number of carbonyl (C=O) groups is 1. The van der Waals surface area contributed by atoms with Crippen molar-refractivity contribution in [1.82, 2.24) is 14.9 Å². The predicted molar refractivity (Wildman–Crippen MR) is 107 cm³/mol. The number of hydrogen-bond acceptors (Lipinski definition) is 3. The maximum Gasteiger partial charge on any atom is 0.416 e. The van der Waals surface area contributed by atoms with E-state index in [1.807, 2.05) is 17.7 Å². The quantitative estimate of drug-likeness (QED) is 0.639. The molecule has 0 fully saturated rings. The number of carbonyl (C=O) groups excluding carboxylic acids is 1. The third kappa shape index (κ3) is 5.00. The van der Waals surface area contributed by atoms with E-state index in [0.29, 0.717) is 23.3 Å². The van der Waals surface area contributed by atoms with Crippen molar-refractivity contribution in [3.05, 3.63) is 77.4 Å². The molecule has 158 valence electrons. The fraction of sp³-hybridized carbons (Fsp3) is 0.273. The summed E-state index contributed by atoms with van der Waals surface area (Å²) in [5.41, 5.74) is 2.05. The highest BCUT2D eigenvalue weighted by molar-refractivity contribution is 5.95. The van der Waals surface area contributed by atoms with Gasteiger partial charge in [0.2, 0.25) is 0 Å². The zero-order chi connectivity index (χ0) is 21.9. The van der Waals surface area contributed by atoms with E-state index in [0.717, 1.165) is 23.5 Å². The Kier molecular flexibility index (Phi) is 6.14. The Bertz CT molecular complexity index is 1030. The van der Waals surface area contributed by atoms with E-state index in [2.05, 4.69) is 10.3 Å². The number of rotatable bonds is 6. The van der Waals surface area contributed by atoms with Crippen LogP contribution < -0.4 is 10.1 Å². The number of alkyl halides is 3. The molecule has 0 aliphatic carbocycles. The minimum atomic E-state index is -4.36. The number of methoxy groups -OCH3 is 1. The van der Waals surface area contributed by atoms with Gasteiger partial charge in [0.05, 0.1) is 30.4 Å². The molecule has 3 rings (SSSR count). The van der Waals surface area contributed by atoms with Gasteiger partial charge < -0.3 is 14.6 Å². The second-order valence-corrected chi connectivity index (χ2v) is 7.08. The lowest BCUT2D eigenvalue weighted by atomic mass is 10.0. The van der Waals surface area contributed by atoms with Gasteiger partial charge >= 0.3 is 6.18 Å². The van der Waals surface area contributed by atoms with Crippen LogP contribution in [-0.4, -0.2) is 28.6 Å². The molecule has 3 aromatic rings. The van der Waals surface area contributed by atoms with Crippen molar-refractivity contribution in [2.24, 2.45) is 0 Å². The monoisotopic (exact) mass is 417 g/mol. The standard InChI is InChI=1S/C22H22F3N3O2/c1-14(10-16-4-7-18(8-5-16)22(23,24)25)27-21(29)17-6-9-19(20(11-17)30-3)28-12-15(2)26-13-28/h4-9,11-14H,10H2,1-3H3,(H,27,29). The van der Waals surface area contributed by atoms with Crippen molar-refractivity contribution in [3.8, 4) is 11.4 Å². The molecule has 1 atom stereocenters. The van der Waals surface area contributed by atoms with Crippen LogP contribution in [0.1, 0.15) is 34.1 Å². The van der Waals surface area contributed by atoms with Crippen LogP contribution in [0.4, 0.5) is 13.2 Å². The average Bonchev–Trinajstić information content (AvgIpc) is 3.13. The molecular formula is C22H22F3N3O2. The lowest BCUT2D eigenvalue weighted by Gasteiger charge is -2.16. The minimum Gasteiger partial charge on any atom is -0.495 e. The predicted octanol–water partition coefficient (Wildman–Crippen LogP) is 4.57. The molecule has 0 aliphatic rings. The maximum absolute atomic E-state index is 12.7. The number of halogens is 3. The van der Waals surface area contributed by atoms with Crippen molar-refractivity contribution in [3.63, 3.8) is 0 Å². The van der Waals surface area contributed by atoms with Crippen LogP contribution in [-0.2, 0) is 12.6 Å². The van der Waals surface area contributed by atoms with Crippen LogP contribution in [0.25, 0.3) is 5.69 Å². The Morgan fingerprint density at radius 2 is 1.90 bits per heavy atom. The summed E-state index contributed by atoms with van der Waals surface area (Å²) in [5.74, 6) is 0.233. The SMILES string of the molecule is COc1cc(C(=O)NC(C)Cc2ccc(C(F)(F)F)cc2)ccc1-n1cnc(C)c1. The number of ether oxygens (including phenoxy) is 1. The van der Waals surface area contributed by atoms with Gasteiger partial charge in [-0.25, -0.2) is 4.98 Å². The smallest absolute Gasteiger partial charge is 0.416 e. The number of aryl methyl sites for hydroxylation is 1. The van der Waals surface area contributed by atoms with Crippen molar-refractivity contribution in [2.45, 2.75) is 32.5 Å². The molecule has 1 heterocycles. The summed E-state index contributed by atoms with van der Waals surface area (Å²) in [6, 6.07) is 9.79. The van der Waals surface area contributed by atoms with Crippen LogP contribution in [0.3, 0.4) is 0 Å². The second-order valence-electron chi connectivity index (χ2n) is 7.08. The van der Waals surface area contributed by atoms with Gasteiger partial charge in [0.15, 0.2) is 0 Å². The first-order valence-electron chi connectivity index (χ1n) is 9.33. The molecule has 2 aromatic carbocycles. The molecule has 0 saturated heterocycles. The molecule has 1 N–H and O–H groups in total. The van der Waals surface area contributed by atoms with Crippen molar-refractivity contribution < 1.29 is 22.7 Å². The van der Waals surface area contributed by atoms with Crippen LogP contribution in [0, 0.1) is 6.92 Å². The summed E-state index contributed by atoms with van der Waals surface area (Å²) in [5, 5.41) is 2.87. The van der Waals surface area contributed by atoms with Crippen LogP contribution >= 0.6 is 0 Å². The molecule has 5 nitrogen and oxygen atoms in total. The van der Waals surface area contributed by atoms with Crippen molar-refractivity contribution >= 4 is 5.91 Å². The van der Waals surface area contributed by atoms with Crippen molar-refractivity contribution in [2.75, 3.05) is 7.11 Å². The number of hydrogen-bond donors (Lipinski definition) is 1. The summed E-state index contributed by atoms with van der Waals surface area (Å²) >= 11 is 0. The Hall–Kier alpha value is -3.29. The third-order valence-corrected chi connectivity index (χ3v) is 4.63. The zero-order valence-electron chi connectivity index (χ0n) is 16.8. The molecule has 1 aromatic heterocycles. The number of benzene rings is 2. The third-order valence-electron chi connectivity index (χ3n) is 4.63. The van der Waals surface area contributed by atoms with Crippen molar-refractivity contribution in [1.29, 1.82) is 0 Å². The lowest BCUT2D eigenvalue weighted by molar-refractivity contribution is -0.137. The van der Waals surface area contributed by atoms with Gasteiger partial charge in [0.25, 0.3) is 5.91 Å². The van der Waals surface area contributed by atoms with Crippen LogP contribution in [0.2, 0.25) is 0 Å². The van der Waals surface area contributed by atoms with E-state index in [9.17, 15) is 18.0 Å². The molecule has 8 heteroatoms. The molecule has 0 aliphatic heterocycles.